The Labute approximate surface area is 149 Å². The number of halogens is 3. The van der Waals surface area contributed by atoms with Gasteiger partial charge in [0.1, 0.15) is 12.7 Å². The molecule has 2 aromatic rings. The van der Waals surface area contributed by atoms with Gasteiger partial charge in [-0.1, -0.05) is 18.2 Å². The highest BCUT2D eigenvalue weighted by Crippen LogP contribution is 2.32. The summed E-state index contributed by atoms with van der Waals surface area (Å²) in [6.45, 7) is 0.0758. The molecule has 9 heteroatoms. The molecule has 0 spiro atoms. The molecule has 0 aromatic heterocycles. The number of hydrogen-bond donors (Lipinski definition) is 0. The van der Waals surface area contributed by atoms with Crippen LogP contribution in [0, 0.1) is 0 Å². The molecule has 1 atom stereocenters. The number of ether oxygens (including phenoxy) is 2. The SMILES string of the molecule is CN(CC1COc2ccccc2O1)S(=O)(=O)c1cccc(C(F)(F)F)c1. The van der Waals surface area contributed by atoms with Crippen LogP contribution in [0.3, 0.4) is 0 Å². The summed E-state index contributed by atoms with van der Waals surface area (Å²) in [6, 6.07) is 10.6. The molecule has 0 aliphatic carbocycles. The minimum absolute atomic E-state index is 0.0626. The highest BCUT2D eigenvalue weighted by Gasteiger charge is 2.33. The molecule has 2 aromatic carbocycles. The van der Waals surface area contributed by atoms with Crippen molar-refractivity contribution in [2.75, 3.05) is 20.2 Å². The Morgan fingerprint density at radius 2 is 1.81 bits per heavy atom. The monoisotopic (exact) mass is 387 g/mol. The van der Waals surface area contributed by atoms with Crippen molar-refractivity contribution in [3.05, 3.63) is 54.1 Å². The molecule has 3 rings (SSSR count). The second kappa shape index (κ2) is 6.81. The smallest absolute Gasteiger partial charge is 0.416 e. The van der Waals surface area contributed by atoms with E-state index in [-0.39, 0.29) is 13.2 Å². The van der Waals surface area contributed by atoms with Crippen molar-refractivity contribution in [3.63, 3.8) is 0 Å². The van der Waals surface area contributed by atoms with E-state index in [4.69, 9.17) is 9.47 Å². The first kappa shape index (κ1) is 18.5. The zero-order chi connectivity index (χ0) is 18.9. The predicted octanol–water partition coefficient (Wildman–Crippen LogP) is 3.17. The summed E-state index contributed by atoms with van der Waals surface area (Å²) >= 11 is 0. The molecule has 0 radical (unpaired) electrons. The van der Waals surface area contributed by atoms with E-state index in [1.807, 2.05) is 0 Å². The van der Waals surface area contributed by atoms with Crippen molar-refractivity contribution in [2.45, 2.75) is 17.2 Å². The Morgan fingerprint density at radius 3 is 2.50 bits per heavy atom. The normalized spacial score (nSPS) is 17.3. The Kier molecular flexibility index (Phi) is 4.85. The fraction of sp³-hybridized carbons (Fsp3) is 0.294. The lowest BCUT2D eigenvalue weighted by Gasteiger charge is -2.29. The molecule has 0 bridgehead atoms. The molecule has 0 amide bonds. The quantitative estimate of drug-likeness (QED) is 0.809. The van der Waals surface area contributed by atoms with E-state index >= 15 is 0 Å². The van der Waals surface area contributed by atoms with Gasteiger partial charge in [0, 0.05) is 7.05 Å². The van der Waals surface area contributed by atoms with Gasteiger partial charge in [-0.3, -0.25) is 0 Å². The Morgan fingerprint density at radius 1 is 1.12 bits per heavy atom. The summed E-state index contributed by atoms with van der Waals surface area (Å²) in [4.78, 5) is -0.424. The molecule has 0 saturated carbocycles. The zero-order valence-corrected chi connectivity index (χ0v) is 14.5. The molecule has 1 aliphatic rings. The van der Waals surface area contributed by atoms with E-state index in [9.17, 15) is 21.6 Å². The summed E-state index contributed by atoms with van der Waals surface area (Å²) in [7, 11) is -2.81. The van der Waals surface area contributed by atoms with Crippen LogP contribution >= 0.6 is 0 Å². The number of para-hydroxylation sites is 2. The number of fused-ring (bicyclic) bond motifs is 1. The van der Waals surface area contributed by atoms with Gasteiger partial charge < -0.3 is 9.47 Å². The third-order valence-electron chi connectivity index (χ3n) is 3.90. The lowest BCUT2D eigenvalue weighted by atomic mass is 10.2. The fourth-order valence-electron chi connectivity index (χ4n) is 2.55. The number of rotatable bonds is 4. The van der Waals surface area contributed by atoms with Crippen molar-refractivity contribution in [2.24, 2.45) is 0 Å². The predicted molar refractivity (Wildman–Crippen MR) is 87.6 cm³/mol. The summed E-state index contributed by atoms with van der Waals surface area (Å²) in [5, 5.41) is 0. The zero-order valence-electron chi connectivity index (χ0n) is 13.7. The molecule has 5 nitrogen and oxygen atoms in total. The van der Waals surface area contributed by atoms with Crippen LogP contribution in [0.2, 0.25) is 0 Å². The molecule has 0 saturated heterocycles. The third-order valence-corrected chi connectivity index (χ3v) is 5.72. The summed E-state index contributed by atoms with van der Waals surface area (Å²) in [5.74, 6) is 1.06. The van der Waals surface area contributed by atoms with Crippen LogP contribution in [-0.2, 0) is 16.2 Å². The Balaban J connectivity index is 1.76. The van der Waals surface area contributed by atoms with Gasteiger partial charge in [-0.15, -0.1) is 0 Å². The van der Waals surface area contributed by atoms with Crippen molar-refractivity contribution in [3.8, 4) is 11.5 Å². The molecule has 0 N–H and O–H groups in total. The second-order valence-electron chi connectivity index (χ2n) is 5.81. The first-order chi connectivity index (χ1) is 12.2. The minimum atomic E-state index is -4.62. The van der Waals surface area contributed by atoms with Crippen molar-refractivity contribution < 1.29 is 31.1 Å². The van der Waals surface area contributed by atoms with E-state index in [0.29, 0.717) is 17.6 Å². The van der Waals surface area contributed by atoms with Crippen molar-refractivity contribution in [1.29, 1.82) is 0 Å². The number of hydrogen-bond acceptors (Lipinski definition) is 4. The van der Waals surface area contributed by atoms with Gasteiger partial charge in [0.05, 0.1) is 17.0 Å². The first-order valence-electron chi connectivity index (χ1n) is 7.70. The standard InChI is InChI=1S/C17H16F3NO4S/c1-21(10-13-11-24-15-7-2-3-8-16(15)25-13)26(22,23)14-6-4-5-12(9-14)17(18,19)20/h2-9,13H,10-11H2,1H3. The fourth-order valence-corrected chi connectivity index (χ4v) is 3.80. The van der Waals surface area contributed by atoms with Gasteiger partial charge >= 0.3 is 6.18 Å². The number of sulfonamides is 1. The number of alkyl halides is 3. The van der Waals surface area contributed by atoms with E-state index in [1.165, 1.54) is 7.05 Å². The lowest BCUT2D eigenvalue weighted by Crippen LogP contribution is -2.41. The Hall–Kier alpha value is -2.26. The lowest BCUT2D eigenvalue weighted by molar-refractivity contribution is -0.137. The van der Waals surface area contributed by atoms with Gasteiger partial charge in [-0.2, -0.15) is 17.5 Å². The molecular weight excluding hydrogens is 371 g/mol. The molecule has 1 heterocycles. The van der Waals surface area contributed by atoms with Crippen LogP contribution < -0.4 is 9.47 Å². The average molecular weight is 387 g/mol. The molecule has 26 heavy (non-hydrogen) atoms. The van der Waals surface area contributed by atoms with Crippen LogP contribution in [0.15, 0.2) is 53.4 Å². The highest BCUT2D eigenvalue weighted by molar-refractivity contribution is 7.89. The molecule has 140 valence electrons. The topological polar surface area (TPSA) is 55.8 Å². The van der Waals surface area contributed by atoms with E-state index in [0.717, 1.165) is 22.5 Å². The molecule has 1 aliphatic heterocycles. The summed E-state index contributed by atoms with van der Waals surface area (Å²) < 4.78 is 75.8. The largest absolute Gasteiger partial charge is 0.486 e. The van der Waals surface area contributed by atoms with E-state index < -0.39 is 32.8 Å². The second-order valence-corrected chi connectivity index (χ2v) is 7.85. The van der Waals surface area contributed by atoms with Gasteiger partial charge in [0.2, 0.25) is 10.0 Å². The van der Waals surface area contributed by atoms with Gasteiger partial charge in [-0.05, 0) is 30.3 Å². The van der Waals surface area contributed by atoms with Crippen LogP contribution in [-0.4, -0.2) is 39.0 Å². The number of likely N-dealkylation sites (N-methyl/N-ethyl adjacent to an activating group) is 1. The van der Waals surface area contributed by atoms with Crippen LogP contribution in [0.5, 0.6) is 11.5 Å². The van der Waals surface area contributed by atoms with Crippen molar-refractivity contribution in [1.82, 2.24) is 4.31 Å². The maximum Gasteiger partial charge on any atom is 0.416 e. The molecule has 1 unspecified atom stereocenters. The summed E-state index contributed by atoms with van der Waals surface area (Å²) in [5.41, 5.74) is -1.02. The van der Waals surface area contributed by atoms with Crippen LogP contribution in [0.1, 0.15) is 5.56 Å². The maximum absolute atomic E-state index is 12.8. The minimum Gasteiger partial charge on any atom is -0.486 e. The van der Waals surface area contributed by atoms with E-state index in [2.05, 4.69) is 0 Å². The summed E-state index contributed by atoms with van der Waals surface area (Å²) in [6.07, 6.45) is -5.19. The third kappa shape index (κ3) is 3.78. The van der Waals surface area contributed by atoms with Crippen molar-refractivity contribution >= 4 is 10.0 Å². The van der Waals surface area contributed by atoms with Crippen LogP contribution in [0.4, 0.5) is 13.2 Å². The van der Waals surface area contributed by atoms with Gasteiger partial charge in [0.15, 0.2) is 11.5 Å². The first-order valence-corrected chi connectivity index (χ1v) is 9.14. The van der Waals surface area contributed by atoms with Gasteiger partial charge in [0.25, 0.3) is 0 Å². The number of benzene rings is 2. The van der Waals surface area contributed by atoms with Crippen LogP contribution in [0.25, 0.3) is 0 Å². The Bertz CT molecular complexity index is 899. The molecule has 0 fully saturated rings. The maximum atomic E-state index is 12.8. The highest BCUT2D eigenvalue weighted by atomic mass is 32.2. The number of nitrogens with zero attached hydrogens (tertiary/aromatic N) is 1. The van der Waals surface area contributed by atoms with E-state index in [1.54, 1.807) is 24.3 Å². The average Bonchev–Trinajstić information content (AvgIpc) is 2.61. The molecular formula is C17H16F3NO4S. The van der Waals surface area contributed by atoms with Gasteiger partial charge in [-0.25, -0.2) is 8.42 Å².